The zero-order valence-corrected chi connectivity index (χ0v) is 16.3. The highest BCUT2D eigenvalue weighted by Gasteiger charge is 2.20. The van der Waals surface area contributed by atoms with Crippen LogP contribution in [0.4, 0.5) is 0 Å². The molecule has 0 saturated carbocycles. The molecule has 0 amide bonds. The molecule has 0 aliphatic heterocycles. The molecule has 0 unspecified atom stereocenters. The van der Waals surface area contributed by atoms with Crippen molar-refractivity contribution in [3.8, 4) is 11.4 Å². The normalized spacial score (nSPS) is 10.9. The van der Waals surface area contributed by atoms with E-state index in [1.165, 1.54) is 17.5 Å². The topological polar surface area (TPSA) is 101 Å². The van der Waals surface area contributed by atoms with Crippen molar-refractivity contribution < 1.29 is 14.6 Å². The van der Waals surface area contributed by atoms with Crippen molar-refractivity contribution in [1.82, 2.24) is 9.55 Å². The Hall–Kier alpha value is -3.36. The van der Waals surface area contributed by atoms with Crippen molar-refractivity contribution in [3.05, 3.63) is 90.2 Å². The van der Waals surface area contributed by atoms with Crippen LogP contribution in [-0.2, 0) is 6.61 Å². The maximum Gasteiger partial charge on any atom is 0.346 e. The predicted octanol–water partition coefficient (Wildman–Crippen LogP) is 3.67. The molecule has 0 atom stereocenters. The number of hydrogen-bond acceptors (Lipinski definition) is 5. The van der Waals surface area contributed by atoms with Crippen molar-refractivity contribution in [2.75, 3.05) is 0 Å². The molecule has 4 aromatic rings. The molecule has 0 spiro atoms. The first-order chi connectivity index (χ1) is 14.0. The minimum absolute atomic E-state index is 0.0752. The van der Waals surface area contributed by atoms with Gasteiger partial charge in [0.15, 0.2) is 0 Å². The van der Waals surface area contributed by atoms with Crippen LogP contribution >= 0.6 is 22.9 Å². The number of H-pyrrole nitrogens is 1. The van der Waals surface area contributed by atoms with Crippen molar-refractivity contribution in [2.24, 2.45) is 0 Å². The third kappa shape index (κ3) is 3.55. The second-order valence-corrected chi connectivity index (χ2v) is 7.40. The number of carboxylic acid groups (broad SMARTS) is 1. The van der Waals surface area contributed by atoms with Crippen LogP contribution in [0.25, 0.3) is 16.6 Å². The quantitative estimate of drug-likeness (QED) is 0.505. The molecule has 2 aromatic heterocycles. The number of fused-ring (bicyclic) bond motifs is 1. The molecular formula is C20H13ClN2O5S. The molecule has 2 N–H and O–H groups in total. The molecule has 0 aliphatic carbocycles. The monoisotopic (exact) mass is 428 g/mol. The Morgan fingerprint density at radius 2 is 1.93 bits per heavy atom. The average molecular weight is 429 g/mol. The Labute approximate surface area is 172 Å². The number of rotatable bonds is 5. The van der Waals surface area contributed by atoms with Gasteiger partial charge in [0.2, 0.25) is 0 Å². The molecular weight excluding hydrogens is 416 g/mol. The summed E-state index contributed by atoms with van der Waals surface area (Å²) in [7, 11) is 0. The lowest BCUT2D eigenvalue weighted by atomic mass is 10.2. The molecule has 29 heavy (non-hydrogen) atoms. The van der Waals surface area contributed by atoms with Crippen LogP contribution in [0, 0.1) is 0 Å². The zero-order valence-electron chi connectivity index (χ0n) is 14.7. The summed E-state index contributed by atoms with van der Waals surface area (Å²) in [6, 6.07) is 14.1. The molecule has 7 nitrogen and oxygen atoms in total. The summed E-state index contributed by atoms with van der Waals surface area (Å²) < 4.78 is 6.56. The molecule has 146 valence electrons. The number of nitrogens with one attached hydrogen (secondary N) is 1. The van der Waals surface area contributed by atoms with Gasteiger partial charge in [-0.25, -0.2) is 14.2 Å². The second kappa shape index (κ2) is 7.57. The van der Waals surface area contributed by atoms with Gasteiger partial charge in [0.1, 0.15) is 17.2 Å². The number of carboxylic acids is 1. The summed E-state index contributed by atoms with van der Waals surface area (Å²) in [5, 5.41) is 10.8. The largest absolute Gasteiger partial charge is 0.489 e. The Balaban J connectivity index is 1.81. The van der Waals surface area contributed by atoms with Crippen LogP contribution in [-0.4, -0.2) is 20.6 Å². The molecule has 0 aliphatic rings. The van der Waals surface area contributed by atoms with Gasteiger partial charge in [-0.1, -0.05) is 41.9 Å². The standard InChI is InChI=1S/C20H13ClN2O5S/c21-13-7-6-12(28-9-11-4-2-1-3-5-11)8-15(13)23-18(24)16-14(22-20(23)27)10-29-17(16)19(25)26/h1-8,10H,9H2,(H,22,27)(H,25,26). The summed E-state index contributed by atoms with van der Waals surface area (Å²) in [5.41, 5.74) is -0.257. The number of hydrogen-bond donors (Lipinski definition) is 2. The lowest BCUT2D eigenvalue weighted by Gasteiger charge is -2.11. The highest BCUT2D eigenvalue weighted by molar-refractivity contribution is 7.13. The second-order valence-electron chi connectivity index (χ2n) is 6.12. The maximum atomic E-state index is 13.0. The van der Waals surface area contributed by atoms with E-state index >= 15 is 0 Å². The van der Waals surface area contributed by atoms with Crippen molar-refractivity contribution in [1.29, 1.82) is 0 Å². The van der Waals surface area contributed by atoms with Crippen LogP contribution in [0.3, 0.4) is 0 Å². The third-order valence-corrected chi connectivity index (χ3v) is 5.54. The number of ether oxygens (including phenoxy) is 1. The number of aromatic nitrogens is 2. The third-order valence-electron chi connectivity index (χ3n) is 4.25. The molecule has 0 fully saturated rings. The van der Waals surface area contributed by atoms with E-state index in [2.05, 4.69) is 4.98 Å². The highest BCUT2D eigenvalue weighted by atomic mass is 35.5. The number of carbonyl (C=O) groups is 1. The molecule has 4 rings (SSSR count). The summed E-state index contributed by atoms with van der Waals surface area (Å²) in [6.45, 7) is 0.292. The number of nitrogens with zero attached hydrogens (tertiary/aromatic N) is 1. The summed E-state index contributed by atoms with van der Waals surface area (Å²) in [6.07, 6.45) is 0. The number of aromatic carboxylic acids is 1. The molecule has 2 heterocycles. The van der Waals surface area contributed by atoms with E-state index in [9.17, 15) is 19.5 Å². The number of aromatic amines is 1. The molecule has 0 saturated heterocycles. The Bertz CT molecular complexity index is 1340. The van der Waals surface area contributed by atoms with Crippen LogP contribution in [0.5, 0.6) is 5.75 Å². The van der Waals surface area contributed by atoms with Crippen molar-refractivity contribution in [2.45, 2.75) is 6.61 Å². The van der Waals surface area contributed by atoms with E-state index in [1.54, 1.807) is 6.07 Å². The van der Waals surface area contributed by atoms with E-state index in [0.717, 1.165) is 21.5 Å². The lowest BCUT2D eigenvalue weighted by Crippen LogP contribution is -2.34. The summed E-state index contributed by atoms with van der Waals surface area (Å²) in [4.78, 5) is 39.3. The first-order valence-electron chi connectivity index (χ1n) is 8.42. The fourth-order valence-electron chi connectivity index (χ4n) is 2.91. The molecule has 2 aromatic carbocycles. The van der Waals surface area contributed by atoms with E-state index in [1.807, 2.05) is 30.3 Å². The van der Waals surface area contributed by atoms with E-state index in [-0.39, 0.29) is 26.5 Å². The van der Waals surface area contributed by atoms with Gasteiger partial charge in [0.05, 0.1) is 21.6 Å². The highest BCUT2D eigenvalue weighted by Crippen LogP contribution is 2.26. The fraction of sp³-hybridized carbons (Fsp3) is 0.0500. The van der Waals surface area contributed by atoms with Gasteiger partial charge in [-0.2, -0.15) is 0 Å². The SMILES string of the molecule is O=C(O)c1scc2[nH]c(=O)n(-c3cc(OCc4ccccc4)ccc3Cl)c(=O)c12. The van der Waals surface area contributed by atoms with Gasteiger partial charge in [-0.15, -0.1) is 11.3 Å². The molecule has 0 radical (unpaired) electrons. The Kier molecular flexibility index (Phi) is 4.96. The van der Waals surface area contributed by atoms with E-state index < -0.39 is 17.2 Å². The predicted molar refractivity (Wildman–Crippen MR) is 111 cm³/mol. The number of thiophene rings is 1. The van der Waals surface area contributed by atoms with Crippen molar-refractivity contribution in [3.63, 3.8) is 0 Å². The summed E-state index contributed by atoms with van der Waals surface area (Å²) >= 11 is 7.11. The smallest absolute Gasteiger partial charge is 0.346 e. The first-order valence-corrected chi connectivity index (χ1v) is 9.68. The van der Waals surface area contributed by atoms with Gasteiger partial charge < -0.3 is 14.8 Å². The number of benzene rings is 2. The lowest BCUT2D eigenvalue weighted by molar-refractivity contribution is 0.0704. The van der Waals surface area contributed by atoms with E-state index in [4.69, 9.17) is 16.3 Å². The van der Waals surface area contributed by atoms with E-state index in [0.29, 0.717) is 12.4 Å². The Morgan fingerprint density at radius 1 is 1.17 bits per heavy atom. The minimum atomic E-state index is -1.24. The Morgan fingerprint density at radius 3 is 2.66 bits per heavy atom. The van der Waals surface area contributed by atoms with Gasteiger partial charge in [-0.05, 0) is 17.7 Å². The average Bonchev–Trinajstić information content (AvgIpc) is 3.13. The minimum Gasteiger partial charge on any atom is -0.489 e. The first kappa shape index (κ1) is 19.0. The van der Waals surface area contributed by atoms with Crippen LogP contribution in [0.1, 0.15) is 15.2 Å². The van der Waals surface area contributed by atoms with Gasteiger partial charge in [0, 0.05) is 11.4 Å². The van der Waals surface area contributed by atoms with Gasteiger partial charge in [0.25, 0.3) is 5.56 Å². The van der Waals surface area contributed by atoms with Crippen molar-refractivity contribution >= 4 is 39.8 Å². The number of halogens is 1. The van der Waals surface area contributed by atoms with Gasteiger partial charge in [-0.3, -0.25) is 4.79 Å². The van der Waals surface area contributed by atoms with Crippen LogP contribution in [0.15, 0.2) is 63.5 Å². The molecule has 0 bridgehead atoms. The fourth-order valence-corrected chi connectivity index (χ4v) is 3.94. The van der Waals surface area contributed by atoms with Crippen LogP contribution in [0.2, 0.25) is 5.02 Å². The maximum absolute atomic E-state index is 13.0. The molecule has 9 heteroatoms. The van der Waals surface area contributed by atoms with Gasteiger partial charge >= 0.3 is 11.7 Å². The zero-order chi connectivity index (χ0) is 20.5. The van der Waals surface area contributed by atoms with Crippen LogP contribution < -0.4 is 16.0 Å². The summed E-state index contributed by atoms with van der Waals surface area (Å²) in [5.74, 6) is -0.838.